The standard InChI is InChI=1S/C22H21ClN4O3/c1-15-21(24-25-27(15)19-9-5-8-18(23)11-19)22(29)30-14-17-10-20(28)26(13-17)12-16-6-3-2-4-7-16/h2-9,11,17H,10,12-14H2,1H3. The summed E-state index contributed by atoms with van der Waals surface area (Å²) >= 11 is 6.03. The van der Waals surface area contributed by atoms with E-state index in [4.69, 9.17) is 16.3 Å². The van der Waals surface area contributed by atoms with E-state index in [2.05, 4.69) is 10.3 Å². The first-order chi connectivity index (χ1) is 14.5. The lowest BCUT2D eigenvalue weighted by Gasteiger charge is -2.16. The molecule has 1 amide bonds. The molecule has 0 bridgehead atoms. The van der Waals surface area contributed by atoms with Crippen molar-refractivity contribution < 1.29 is 14.3 Å². The Morgan fingerprint density at radius 2 is 2.00 bits per heavy atom. The molecule has 1 fully saturated rings. The summed E-state index contributed by atoms with van der Waals surface area (Å²) in [7, 11) is 0. The molecule has 0 saturated carbocycles. The van der Waals surface area contributed by atoms with Gasteiger partial charge in [-0.25, -0.2) is 9.48 Å². The lowest BCUT2D eigenvalue weighted by molar-refractivity contribution is -0.128. The van der Waals surface area contributed by atoms with Gasteiger partial charge in [-0.1, -0.05) is 53.2 Å². The Morgan fingerprint density at radius 3 is 2.77 bits per heavy atom. The largest absolute Gasteiger partial charge is 0.460 e. The van der Waals surface area contributed by atoms with Gasteiger partial charge in [0.15, 0.2) is 5.69 Å². The van der Waals surface area contributed by atoms with Crippen LogP contribution in [0.1, 0.15) is 28.2 Å². The second-order valence-electron chi connectivity index (χ2n) is 7.34. The van der Waals surface area contributed by atoms with Crippen LogP contribution in [0.4, 0.5) is 0 Å². The van der Waals surface area contributed by atoms with Crippen LogP contribution in [0, 0.1) is 12.8 Å². The van der Waals surface area contributed by atoms with Crippen molar-refractivity contribution in [2.45, 2.75) is 19.9 Å². The number of esters is 1. The van der Waals surface area contributed by atoms with E-state index in [-0.39, 0.29) is 24.1 Å². The summed E-state index contributed by atoms with van der Waals surface area (Å²) in [4.78, 5) is 26.6. The number of carbonyl (C=O) groups is 2. The van der Waals surface area contributed by atoms with Crippen molar-refractivity contribution in [2.24, 2.45) is 5.92 Å². The molecule has 1 unspecified atom stereocenters. The minimum atomic E-state index is -0.547. The van der Waals surface area contributed by atoms with Gasteiger partial charge in [-0.05, 0) is 30.7 Å². The number of hydrogen-bond acceptors (Lipinski definition) is 5. The Hall–Kier alpha value is -3.19. The average molecular weight is 425 g/mol. The van der Waals surface area contributed by atoms with Crippen LogP contribution in [0.15, 0.2) is 54.6 Å². The second kappa shape index (κ2) is 8.67. The monoisotopic (exact) mass is 424 g/mol. The summed E-state index contributed by atoms with van der Waals surface area (Å²) in [6, 6.07) is 17.0. The van der Waals surface area contributed by atoms with E-state index in [0.717, 1.165) is 5.56 Å². The van der Waals surface area contributed by atoms with Crippen LogP contribution in [0.2, 0.25) is 5.02 Å². The third-order valence-electron chi connectivity index (χ3n) is 5.10. The first-order valence-electron chi connectivity index (χ1n) is 9.68. The van der Waals surface area contributed by atoms with Crippen molar-refractivity contribution in [2.75, 3.05) is 13.2 Å². The van der Waals surface area contributed by atoms with Crippen LogP contribution < -0.4 is 0 Å². The Morgan fingerprint density at radius 1 is 1.20 bits per heavy atom. The molecule has 2 heterocycles. The van der Waals surface area contributed by atoms with Gasteiger partial charge >= 0.3 is 5.97 Å². The number of hydrogen-bond donors (Lipinski definition) is 0. The molecule has 0 radical (unpaired) electrons. The van der Waals surface area contributed by atoms with Gasteiger partial charge in [-0.3, -0.25) is 4.79 Å². The van der Waals surface area contributed by atoms with Crippen LogP contribution >= 0.6 is 11.6 Å². The molecule has 0 spiro atoms. The van der Waals surface area contributed by atoms with Gasteiger partial charge in [-0.15, -0.1) is 5.10 Å². The maximum Gasteiger partial charge on any atom is 0.360 e. The van der Waals surface area contributed by atoms with Crippen molar-refractivity contribution in [3.8, 4) is 5.69 Å². The van der Waals surface area contributed by atoms with Gasteiger partial charge in [0.2, 0.25) is 5.91 Å². The molecule has 2 aromatic carbocycles. The topological polar surface area (TPSA) is 77.3 Å². The number of carbonyl (C=O) groups excluding carboxylic acids is 2. The number of amides is 1. The van der Waals surface area contributed by atoms with Gasteiger partial charge in [0, 0.05) is 30.5 Å². The molecule has 3 aromatic rings. The molecule has 1 atom stereocenters. The number of aromatic nitrogens is 3. The van der Waals surface area contributed by atoms with Crippen molar-refractivity contribution in [1.29, 1.82) is 0 Å². The number of ether oxygens (including phenoxy) is 1. The Bertz CT molecular complexity index is 1070. The van der Waals surface area contributed by atoms with Crippen molar-refractivity contribution in [3.05, 3.63) is 76.6 Å². The minimum Gasteiger partial charge on any atom is -0.460 e. The van der Waals surface area contributed by atoms with Crippen molar-refractivity contribution >= 4 is 23.5 Å². The Balaban J connectivity index is 1.36. The van der Waals surface area contributed by atoms with Gasteiger partial charge in [-0.2, -0.15) is 0 Å². The van der Waals surface area contributed by atoms with E-state index in [0.29, 0.717) is 35.9 Å². The van der Waals surface area contributed by atoms with Crippen LogP contribution in [-0.4, -0.2) is 44.9 Å². The van der Waals surface area contributed by atoms with E-state index < -0.39 is 5.97 Å². The Kier molecular flexibility index (Phi) is 5.81. The maximum absolute atomic E-state index is 12.5. The number of benzene rings is 2. The lowest BCUT2D eigenvalue weighted by Crippen LogP contribution is -2.25. The van der Waals surface area contributed by atoms with Gasteiger partial charge in [0.05, 0.1) is 18.0 Å². The molecule has 1 aliphatic rings. The SMILES string of the molecule is Cc1c(C(=O)OCC2CC(=O)N(Cc3ccccc3)C2)nnn1-c1cccc(Cl)c1. The summed E-state index contributed by atoms with van der Waals surface area (Å²) in [6.45, 7) is 3.05. The predicted molar refractivity (Wildman–Crippen MR) is 111 cm³/mol. The molecular weight excluding hydrogens is 404 g/mol. The molecule has 8 heteroatoms. The smallest absolute Gasteiger partial charge is 0.360 e. The normalized spacial score (nSPS) is 16.1. The van der Waals surface area contributed by atoms with Gasteiger partial charge < -0.3 is 9.64 Å². The fraction of sp³-hybridized carbons (Fsp3) is 0.273. The number of nitrogens with zero attached hydrogens (tertiary/aromatic N) is 4. The summed E-state index contributed by atoms with van der Waals surface area (Å²) < 4.78 is 7.00. The predicted octanol–water partition coefficient (Wildman–Crippen LogP) is 3.43. The molecule has 1 aromatic heterocycles. The Labute approximate surface area is 179 Å². The molecule has 154 valence electrons. The molecule has 1 saturated heterocycles. The molecule has 30 heavy (non-hydrogen) atoms. The first-order valence-corrected chi connectivity index (χ1v) is 10.1. The molecule has 0 N–H and O–H groups in total. The lowest BCUT2D eigenvalue weighted by atomic mass is 10.1. The highest BCUT2D eigenvalue weighted by atomic mass is 35.5. The molecule has 4 rings (SSSR count). The number of likely N-dealkylation sites (tertiary alicyclic amines) is 1. The van der Waals surface area contributed by atoms with E-state index in [1.165, 1.54) is 0 Å². The third-order valence-corrected chi connectivity index (χ3v) is 5.34. The number of halogens is 1. The highest BCUT2D eigenvalue weighted by molar-refractivity contribution is 6.30. The number of rotatable bonds is 6. The van der Waals surface area contributed by atoms with Crippen LogP contribution in [-0.2, 0) is 16.1 Å². The van der Waals surface area contributed by atoms with Crippen LogP contribution in [0.25, 0.3) is 5.69 Å². The van der Waals surface area contributed by atoms with Gasteiger partial charge in [0.1, 0.15) is 0 Å². The zero-order valence-corrected chi connectivity index (χ0v) is 17.2. The second-order valence-corrected chi connectivity index (χ2v) is 7.78. The summed E-state index contributed by atoms with van der Waals surface area (Å²) in [5.41, 5.74) is 2.51. The van der Waals surface area contributed by atoms with Crippen LogP contribution in [0.3, 0.4) is 0 Å². The van der Waals surface area contributed by atoms with E-state index in [9.17, 15) is 9.59 Å². The minimum absolute atomic E-state index is 0.0338. The molecule has 1 aliphatic heterocycles. The fourth-order valence-corrected chi connectivity index (χ4v) is 3.74. The summed E-state index contributed by atoms with van der Waals surface area (Å²) in [6.07, 6.45) is 0.369. The molecule has 7 nitrogen and oxygen atoms in total. The van der Waals surface area contributed by atoms with E-state index >= 15 is 0 Å². The van der Waals surface area contributed by atoms with E-state index in [1.807, 2.05) is 36.4 Å². The zero-order valence-electron chi connectivity index (χ0n) is 16.5. The summed E-state index contributed by atoms with van der Waals surface area (Å²) in [5, 5.41) is 8.58. The van der Waals surface area contributed by atoms with Crippen molar-refractivity contribution in [3.63, 3.8) is 0 Å². The zero-order chi connectivity index (χ0) is 21.1. The molecular formula is C22H21ClN4O3. The first kappa shape index (κ1) is 20.1. The van der Waals surface area contributed by atoms with Gasteiger partial charge in [0.25, 0.3) is 0 Å². The van der Waals surface area contributed by atoms with Crippen LogP contribution in [0.5, 0.6) is 0 Å². The summed E-state index contributed by atoms with van der Waals surface area (Å²) in [5.74, 6) is -0.508. The average Bonchev–Trinajstić information content (AvgIpc) is 3.29. The fourth-order valence-electron chi connectivity index (χ4n) is 3.56. The van der Waals surface area contributed by atoms with Crippen molar-refractivity contribution in [1.82, 2.24) is 19.9 Å². The third kappa shape index (κ3) is 4.36. The van der Waals surface area contributed by atoms with E-state index in [1.54, 1.807) is 34.7 Å². The maximum atomic E-state index is 12.5. The highest BCUT2D eigenvalue weighted by Crippen LogP contribution is 2.22. The molecule has 0 aliphatic carbocycles. The highest BCUT2D eigenvalue weighted by Gasteiger charge is 2.31. The quantitative estimate of drug-likeness (QED) is 0.566.